The number of likely N-dealkylation sites (tertiary alicyclic amines) is 1. The van der Waals surface area contributed by atoms with Gasteiger partial charge in [0, 0.05) is 51.9 Å². The van der Waals surface area contributed by atoms with Crippen molar-refractivity contribution in [1.29, 1.82) is 0 Å². The first-order valence-electron chi connectivity index (χ1n) is 9.45. The van der Waals surface area contributed by atoms with Crippen LogP contribution in [0.4, 0.5) is 5.69 Å². The van der Waals surface area contributed by atoms with E-state index in [9.17, 15) is 9.59 Å². The van der Waals surface area contributed by atoms with Crippen LogP contribution in [0.1, 0.15) is 38.2 Å². The van der Waals surface area contributed by atoms with E-state index in [4.69, 9.17) is 0 Å². The standard InChI is InChI=1S/C20H29N3O2/c1-3-7-19(24)22-11-6-9-17(15-22)20(25)23-13-12-21(2)18-10-5-4-8-16(18)14-23/h4-5,8,10,17H,3,6-7,9,11-15H2,1-2H3. The van der Waals surface area contributed by atoms with Gasteiger partial charge in [-0.15, -0.1) is 0 Å². The Hall–Kier alpha value is -2.04. The number of likely N-dealkylation sites (N-methyl/N-ethyl adjacent to an activating group) is 1. The van der Waals surface area contributed by atoms with E-state index < -0.39 is 0 Å². The predicted molar refractivity (Wildman–Crippen MR) is 99.3 cm³/mol. The van der Waals surface area contributed by atoms with Gasteiger partial charge in [-0.2, -0.15) is 0 Å². The molecule has 136 valence electrons. The molecule has 1 aromatic carbocycles. The van der Waals surface area contributed by atoms with Crippen molar-refractivity contribution in [3.05, 3.63) is 29.8 Å². The lowest BCUT2D eigenvalue weighted by Gasteiger charge is -2.35. The number of anilines is 1. The van der Waals surface area contributed by atoms with E-state index >= 15 is 0 Å². The number of hydrogen-bond acceptors (Lipinski definition) is 3. The number of rotatable bonds is 3. The van der Waals surface area contributed by atoms with Crippen LogP contribution in [0.2, 0.25) is 0 Å². The topological polar surface area (TPSA) is 43.9 Å². The molecule has 0 saturated carbocycles. The fourth-order valence-electron chi connectivity index (χ4n) is 3.92. The maximum absolute atomic E-state index is 13.1. The highest BCUT2D eigenvalue weighted by molar-refractivity contribution is 5.82. The molecular formula is C20H29N3O2. The second-order valence-electron chi connectivity index (χ2n) is 7.24. The predicted octanol–water partition coefficient (Wildman–Crippen LogP) is 2.50. The maximum Gasteiger partial charge on any atom is 0.227 e. The van der Waals surface area contributed by atoms with Crippen LogP contribution in [0.15, 0.2) is 24.3 Å². The zero-order chi connectivity index (χ0) is 17.8. The summed E-state index contributed by atoms with van der Waals surface area (Å²) in [5.41, 5.74) is 2.41. The van der Waals surface area contributed by atoms with Gasteiger partial charge >= 0.3 is 0 Å². The van der Waals surface area contributed by atoms with Crippen LogP contribution in [0.5, 0.6) is 0 Å². The van der Waals surface area contributed by atoms with E-state index in [1.165, 1.54) is 11.3 Å². The van der Waals surface area contributed by atoms with E-state index in [1.54, 1.807) is 0 Å². The molecule has 1 unspecified atom stereocenters. The molecule has 2 heterocycles. The zero-order valence-corrected chi connectivity index (χ0v) is 15.4. The summed E-state index contributed by atoms with van der Waals surface area (Å²) in [5.74, 6) is 0.352. The number of carbonyl (C=O) groups is 2. The van der Waals surface area contributed by atoms with E-state index in [1.807, 2.05) is 28.9 Å². The average molecular weight is 343 g/mol. The van der Waals surface area contributed by atoms with Crippen molar-refractivity contribution in [3.63, 3.8) is 0 Å². The minimum absolute atomic E-state index is 0.0508. The maximum atomic E-state index is 13.1. The molecule has 5 nitrogen and oxygen atoms in total. The smallest absolute Gasteiger partial charge is 0.227 e. The molecule has 5 heteroatoms. The van der Waals surface area contributed by atoms with Crippen molar-refractivity contribution in [2.24, 2.45) is 5.92 Å². The molecule has 0 N–H and O–H groups in total. The summed E-state index contributed by atoms with van der Waals surface area (Å²) < 4.78 is 0. The molecule has 2 aliphatic rings. The molecule has 1 fully saturated rings. The third-order valence-corrected chi connectivity index (χ3v) is 5.37. The molecule has 1 saturated heterocycles. The molecule has 0 aliphatic carbocycles. The monoisotopic (exact) mass is 343 g/mol. The fourth-order valence-corrected chi connectivity index (χ4v) is 3.92. The summed E-state index contributed by atoms with van der Waals surface area (Å²) in [5, 5.41) is 0. The Bertz CT molecular complexity index is 631. The lowest BCUT2D eigenvalue weighted by molar-refractivity contribution is -0.141. The number of amides is 2. The van der Waals surface area contributed by atoms with Crippen molar-refractivity contribution in [1.82, 2.24) is 9.80 Å². The van der Waals surface area contributed by atoms with Gasteiger partial charge in [0.05, 0.1) is 5.92 Å². The Morgan fingerprint density at radius 2 is 1.92 bits per heavy atom. The molecule has 0 aromatic heterocycles. The van der Waals surface area contributed by atoms with Crippen LogP contribution < -0.4 is 4.90 Å². The Morgan fingerprint density at radius 1 is 1.12 bits per heavy atom. The lowest BCUT2D eigenvalue weighted by Crippen LogP contribution is -2.47. The van der Waals surface area contributed by atoms with E-state index in [2.05, 4.69) is 24.1 Å². The van der Waals surface area contributed by atoms with Crippen molar-refractivity contribution in [2.75, 3.05) is 38.1 Å². The van der Waals surface area contributed by atoms with Crippen molar-refractivity contribution >= 4 is 17.5 Å². The highest BCUT2D eigenvalue weighted by Gasteiger charge is 2.32. The number of fused-ring (bicyclic) bond motifs is 1. The van der Waals surface area contributed by atoms with Gasteiger partial charge in [0.1, 0.15) is 0 Å². The zero-order valence-electron chi connectivity index (χ0n) is 15.4. The summed E-state index contributed by atoms with van der Waals surface area (Å²) in [6, 6.07) is 8.31. The molecule has 0 spiro atoms. The van der Waals surface area contributed by atoms with Gasteiger partial charge in [-0.1, -0.05) is 25.1 Å². The number of nitrogens with zero attached hydrogens (tertiary/aromatic N) is 3. The highest BCUT2D eigenvalue weighted by Crippen LogP contribution is 2.26. The molecule has 1 aromatic rings. The van der Waals surface area contributed by atoms with Gasteiger partial charge in [-0.25, -0.2) is 0 Å². The van der Waals surface area contributed by atoms with Crippen LogP contribution in [0.25, 0.3) is 0 Å². The SMILES string of the molecule is CCCC(=O)N1CCCC(C(=O)N2CCN(C)c3ccccc3C2)C1. The summed E-state index contributed by atoms with van der Waals surface area (Å²) in [6.07, 6.45) is 3.27. The third kappa shape index (κ3) is 3.97. The quantitative estimate of drug-likeness (QED) is 0.847. The van der Waals surface area contributed by atoms with E-state index in [-0.39, 0.29) is 17.7 Å². The minimum Gasteiger partial charge on any atom is -0.373 e. The lowest BCUT2D eigenvalue weighted by atomic mass is 9.96. The number of piperidine rings is 1. The third-order valence-electron chi connectivity index (χ3n) is 5.37. The molecule has 0 bridgehead atoms. The van der Waals surface area contributed by atoms with E-state index in [0.29, 0.717) is 19.5 Å². The fraction of sp³-hybridized carbons (Fsp3) is 0.600. The van der Waals surface area contributed by atoms with Gasteiger partial charge in [0.25, 0.3) is 0 Å². The number of para-hydroxylation sites is 1. The Labute approximate surface area is 150 Å². The average Bonchev–Trinajstić information content (AvgIpc) is 2.81. The van der Waals surface area contributed by atoms with Crippen molar-refractivity contribution in [3.8, 4) is 0 Å². The van der Waals surface area contributed by atoms with Gasteiger partial charge < -0.3 is 14.7 Å². The van der Waals surface area contributed by atoms with E-state index in [0.717, 1.165) is 38.9 Å². The first-order valence-corrected chi connectivity index (χ1v) is 9.45. The number of carbonyl (C=O) groups excluding carboxylic acids is 2. The normalized spacial score (nSPS) is 20.9. The van der Waals surface area contributed by atoms with Crippen LogP contribution in [-0.2, 0) is 16.1 Å². The number of benzene rings is 1. The molecule has 2 amide bonds. The summed E-state index contributed by atoms with van der Waals surface area (Å²) in [6.45, 7) is 5.66. The second-order valence-corrected chi connectivity index (χ2v) is 7.24. The van der Waals surface area contributed by atoms with Crippen molar-refractivity contribution in [2.45, 2.75) is 39.2 Å². The van der Waals surface area contributed by atoms with Gasteiger partial charge in [-0.3, -0.25) is 9.59 Å². The second kappa shape index (κ2) is 7.89. The van der Waals surface area contributed by atoms with Crippen LogP contribution >= 0.6 is 0 Å². The Kier molecular flexibility index (Phi) is 5.61. The molecule has 3 rings (SSSR count). The summed E-state index contributed by atoms with van der Waals surface area (Å²) >= 11 is 0. The highest BCUT2D eigenvalue weighted by atomic mass is 16.2. The van der Waals surface area contributed by atoms with Gasteiger partial charge in [0.15, 0.2) is 0 Å². The van der Waals surface area contributed by atoms with Crippen LogP contribution in [-0.4, -0.2) is 54.8 Å². The van der Waals surface area contributed by atoms with Crippen LogP contribution in [0, 0.1) is 5.92 Å². The summed E-state index contributed by atoms with van der Waals surface area (Å²) in [4.78, 5) is 31.4. The molecule has 25 heavy (non-hydrogen) atoms. The molecule has 2 aliphatic heterocycles. The summed E-state index contributed by atoms with van der Waals surface area (Å²) in [7, 11) is 2.08. The van der Waals surface area contributed by atoms with Crippen LogP contribution in [0.3, 0.4) is 0 Å². The number of hydrogen-bond donors (Lipinski definition) is 0. The Balaban J connectivity index is 1.69. The van der Waals surface area contributed by atoms with Crippen molar-refractivity contribution < 1.29 is 9.59 Å². The Morgan fingerprint density at radius 3 is 2.72 bits per heavy atom. The van der Waals surface area contributed by atoms with Gasteiger partial charge in [-0.05, 0) is 30.9 Å². The molecule has 1 atom stereocenters. The first-order chi connectivity index (χ1) is 12.1. The largest absolute Gasteiger partial charge is 0.373 e. The minimum atomic E-state index is -0.0508. The molecule has 0 radical (unpaired) electrons. The first kappa shape index (κ1) is 17.8. The molecular weight excluding hydrogens is 314 g/mol. The van der Waals surface area contributed by atoms with Gasteiger partial charge in [0.2, 0.25) is 11.8 Å².